The van der Waals surface area contributed by atoms with Gasteiger partial charge in [-0.1, -0.05) is 13.8 Å². The first-order valence-electron chi connectivity index (χ1n) is 7.13. The summed E-state index contributed by atoms with van der Waals surface area (Å²) in [7, 11) is 1.83. The number of ether oxygens (including phenoxy) is 1. The van der Waals surface area contributed by atoms with E-state index in [1.54, 1.807) is 0 Å². The van der Waals surface area contributed by atoms with Gasteiger partial charge in [-0.15, -0.1) is 24.0 Å². The van der Waals surface area contributed by atoms with Gasteiger partial charge in [0.1, 0.15) is 0 Å². The summed E-state index contributed by atoms with van der Waals surface area (Å²) in [6, 6.07) is 0.422. The van der Waals surface area contributed by atoms with Gasteiger partial charge in [-0.2, -0.15) is 11.8 Å². The second-order valence-electron chi connectivity index (χ2n) is 5.60. The van der Waals surface area contributed by atoms with Gasteiger partial charge in [0.2, 0.25) is 0 Å². The fourth-order valence-electron chi connectivity index (χ4n) is 2.02. The van der Waals surface area contributed by atoms with E-state index in [1.807, 2.05) is 18.8 Å². The van der Waals surface area contributed by atoms with E-state index in [1.165, 1.54) is 0 Å². The molecule has 0 bridgehead atoms. The van der Waals surface area contributed by atoms with E-state index in [0.717, 1.165) is 38.6 Å². The van der Waals surface area contributed by atoms with Gasteiger partial charge in [0.15, 0.2) is 5.96 Å². The Hall–Kier alpha value is 0.310. The molecule has 1 aliphatic rings. The molecule has 1 aliphatic heterocycles. The molecular formula is C14H30IN3OS. The fourth-order valence-corrected chi connectivity index (χ4v) is 2.81. The van der Waals surface area contributed by atoms with Crippen molar-refractivity contribution < 1.29 is 4.74 Å². The van der Waals surface area contributed by atoms with Crippen molar-refractivity contribution in [3.05, 3.63) is 0 Å². The lowest BCUT2D eigenvalue weighted by Crippen LogP contribution is -2.50. The molecule has 1 rings (SSSR count). The van der Waals surface area contributed by atoms with E-state index in [2.05, 4.69) is 42.7 Å². The molecule has 6 heteroatoms. The number of thioether (sulfide) groups is 1. The Morgan fingerprint density at radius 2 is 1.90 bits per heavy atom. The topological polar surface area (TPSA) is 45.7 Å². The van der Waals surface area contributed by atoms with Crippen LogP contribution in [-0.4, -0.2) is 49.8 Å². The van der Waals surface area contributed by atoms with Crippen molar-refractivity contribution in [1.29, 1.82) is 0 Å². The van der Waals surface area contributed by atoms with E-state index in [0.29, 0.717) is 12.0 Å². The van der Waals surface area contributed by atoms with E-state index < -0.39 is 0 Å². The molecule has 0 aliphatic carbocycles. The van der Waals surface area contributed by atoms with Crippen molar-refractivity contribution in [2.75, 3.05) is 33.1 Å². The first-order valence-corrected chi connectivity index (χ1v) is 8.35. The van der Waals surface area contributed by atoms with Crippen LogP contribution in [0.1, 0.15) is 33.6 Å². The smallest absolute Gasteiger partial charge is 0.191 e. The third-order valence-electron chi connectivity index (χ3n) is 4.00. The van der Waals surface area contributed by atoms with Crippen LogP contribution in [-0.2, 0) is 4.74 Å². The minimum absolute atomic E-state index is 0. The summed E-state index contributed by atoms with van der Waals surface area (Å²) in [6.07, 6.45) is 4.41. The molecule has 0 aromatic carbocycles. The van der Waals surface area contributed by atoms with Gasteiger partial charge in [-0.05, 0) is 31.9 Å². The summed E-state index contributed by atoms with van der Waals surface area (Å²) in [4.78, 5) is 4.31. The van der Waals surface area contributed by atoms with Crippen molar-refractivity contribution in [3.8, 4) is 0 Å². The molecule has 1 heterocycles. The Kier molecular flexibility index (Phi) is 10.3. The molecule has 120 valence electrons. The van der Waals surface area contributed by atoms with Crippen molar-refractivity contribution in [3.63, 3.8) is 0 Å². The van der Waals surface area contributed by atoms with Crippen LogP contribution in [0.3, 0.4) is 0 Å². The molecule has 0 amide bonds. The highest BCUT2D eigenvalue weighted by atomic mass is 127. The lowest BCUT2D eigenvalue weighted by molar-refractivity contribution is 0.0782. The van der Waals surface area contributed by atoms with E-state index in [4.69, 9.17) is 4.74 Å². The van der Waals surface area contributed by atoms with Crippen molar-refractivity contribution >= 4 is 41.7 Å². The van der Waals surface area contributed by atoms with Crippen molar-refractivity contribution in [1.82, 2.24) is 10.6 Å². The molecule has 0 aromatic heterocycles. The average Bonchev–Trinajstić information content (AvgIpc) is 2.44. The monoisotopic (exact) mass is 415 g/mol. The second kappa shape index (κ2) is 10.1. The van der Waals surface area contributed by atoms with Crippen LogP contribution < -0.4 is 10.6 Å². The largest absolute Gasteiger partial charge is 0.381 e. The summed E-state index contributed by atoms with van der Waals surface area (Å²) in [5, 5.41) is 6.92. The molecule has 1 unspecified atom stereocenters. The summed E-state index contributed by atoms with van der Waals surface area (Å²) >= 11 is 1.95. The van der Waals surface area contributed by atoms with E-state index in [9.17, 15) is 0 Å². The van der Waals surface area contributed by atoms with Crippen LogP contribution in [0, 0.1) is 5.92 Å². The Balaban J connectivity index is 0.00000361. The maximum Gasteiger partial charge on any atom is 0.191 e. The summed E-state index contributed by atoms with van der Waals surface area (Å²) in [5.41, 5.74) is 0. The van der Waals surface area contributed by atoms with Crippen LogP contribution >= 0.6 is 35.7 Å². The summed E-state index contributed by atoms with van der Waals surface area (Å²) in [6.45, 7) is 9.31. The van der Waals surface area contributed by atoms with Gasteiger partial charge >= 0.3 is 0 Å². The molecule has 0 radical (unpaired) electrons. The highest BCUT2D eigenvalue weighted by Gasteiger charge is 2.31. The van der Waals surface area contributed by atoms with Crippen LogP contribution in [0.5, 0.6) is 0 Å². The summed E-state index contributed by atoms with van der Waals surface area (Å²) < 4.78 is 5.76. The molecule has 20 heavy (non-hydrogen) atoms. The van der Waals surface area contributed by atoms with Crippen LogP contribution in [0.25, 0.3) is 0 Å². The zero-order valence-corrected chi connectivity index (χ0v) is 16.5. The summed E-state index contributed by atoms with van der Waals surface area (Å²) in [5.74, 6) is 1.50. The number of hydrogen-bond acceptors (Lipinski definition) is 3. The zero-order valence-electron chi connectivity index (χ0n) is 13.4. The number of nitrogens with zero attached hydrogens (tertiary/aromatic N) is 1. The van der Waals surface area contributed by atoms with Crippen LogP contribution in [0.2, 0.25) is 0 Å². The van der Waals surface area contributed by atoms with Gasteiger partial charge in [0, 0.05) is 37.6 Å². The molecule has 0 aromatic rings. The van der Waals surface area contributed by atoms with E-state index >= 15 is 0 Å². The molecule has 1 atom stereocenters. The second-order valence-corrected chi connectivity index (χ2v) is 6.88. The third-order valence-corrected chi connectivity index (χ3v) is 5.42. The van der Waals surface area contributed by atoms with E-state index in [-0.39, 0.29) is 28.7 Å². The molecule has 2 N–H and O–H groups in total. The number of rotatable bonds is 5. The number of guanidine groups is 1. The normalized spacial score (nSPS) is 20.2. The number of halogens is 1. The van der Waals surface area contributed by atoms with Crippen molar-refractivity contribution in [2.24, 2.45) is 10.9 Å². The molecule has 0 spiro atoms. The molecule has 4 nitrogen and oxygen atoms in total. The highest BCUT2D eigenvalue weighted by molar-refractivity contribution is 14.0. The molecular weight excluding hydrogens is 385 g/mol. The first-order chi connectivity index (χ1) is 9.03. The number of aliphatic imine (C=N–C) groups is 1. The highest BCUT2D eigenvalue weighted by Crippen LogP contribution is 2.32. The predicted octanol–water partition coefficient (Wildman–Crippen LogP) is 2.73. The Morgan fingerprint density at radius 3 is 2.35 bits per heavy atom. The number of nitrogens with one attached hydrogen (secondary N) is 2. The lowest BCUT2D eigenvalue weighted by atomic mass is 9.99. The minimum Gasteiger partial charge on any atom is -0.381 e. The predicted molar refractivity (Wildman–Crippen MR) is 101 cm³/mol. The molecule has 1 fully saturated rings. The quantitative estimate of drug-likeness (QED) is 0.412. The lowest BCUT2D eigenvalue weighted by Gasteiger charge is -2.36. The van der Waals surface area contributed by atoms with Gasteiger partial charge in [0.25, 0.3) is 0 Å². The van der Waals surface area contributed by atoms with Gasteiger partial charge in [-0.25, -0.2) is 0 Å². The van der Waals surface area contributed by atoms with Gasteiger partial charge in [-0.3, -0.25) is 4.99 Å². The minimum atomic E-state index is 0. The Labute approximate surface area is 145 Å². The van der Waals surface area contributed by atoms with Crippen LogP contribution in [0.4, 0.5) is 0 Å². The average molecular weight is 415 g/mol. The number of hydrogen-bond donors (Lipinski definition) is 2. The maximum absolute atomic E-state index is 5.47. The fraction of sp³-hybridized carbons (Fsp3) is 0.929. The van der Waals surface area contributed by atoms with Gasteiger partial charge in [0.05, 0.1) is 0 Å². The standard InChI is InChI=1S/C14H29N3OS.HI/c1-11(2)12(3)17-13(15-4)16-10-14(19-5)6-8-18-9-7-14;/h11-12H,6-10H2,1-5H3,(H2,15,16,17);1H. The van der Waals surface area contributed by atoms with Crippen molar-refractivity contribution in [2.45, 2.75) is 44.4 Å². The Morgan fingerprint density at radius 1 is 1.30 bits per heavy atom. The van der Waals surface area contributed by atoms with Gasteiger partial charge < -0.3 is 15.4 Å². The third kappa shape index (κ3) is 6.39. The van der Waals surface area contributed by atoms with Crippen LogP contribution in [0.15, 0.2) is 4.99 Å². The maximum atomic E-state index is 5.47. The zero-order chi connectivity index (χ0) is 14.3. The molecule has 0 saturated carbocycles. The SMILES string of the molecule is CN=C(NCC1(SC)CCOCC1)NC(C)C(C)C.I. The Bertz CT molecular complexity index is 294. The first kappa shape index (κ1) is 20.3. The molecule has 1 saturated heterocycles.